The standard InChI is InChI=1S/C17H19FN2O2/c1-12(2)22-16-9-4-3-8-15(16)20-17(21)11-19-14-7-5-6-13(18)10-14/h3-10,12,19H,11H2,1-2H3,(H,20,21). The molecule has 0 aliphatic rings. The molecule has 0 unspecified atom stereocenters. The Labute approximate surface area is 129 Å². The van der Waals surface area contributed by atoms with Crippen LogP contribution in [0.1, 0.15) is 13.8 Å². The molecule has 0 spiro atoms. The molecular weight excluding hydrogens is 283 g/mol. The van der Waals surface area contributed by atoms with E-state index >= 15 is 0 Å². The van der Waals surface area contributed by atoms with Crippen LogP contribution in [0.4, 0.5) is 15.8 Å². The Bertz CT molecular complexity index is 644. The van der Waals surface area contributed by atoms with Gasteiger partial charge in [-0.1, -0.05) is 18.2 Å². The highest BCUT2D eigenvalue weighted by molar-refractivity contribution is 5.95. The van der Waals surface area contributed by atoms with E-state index in [1.807, 2.05) is 26.0 Å². The zero-order valence-electron chi connectivity index (χ0n) is 12.6. The molecule has 0 bridgehead atoms. The van der Waals surface area contributed by atoms with Crippen LogP contribution in [-0.4, -0.2) is 18.6 Å². The minimum Gasteiger partial charge on any atom is -0.489 e. The second-order valence-corrected chi connectivity index (χ2v) is 5.07. The quantitative estimate of drug-likeness (QED) is 0.856. The predicted molar refractivity (Wildman–Crippen MR) is 85.7 cm³/mol. The van der Waals surface area contributed by atoms with Gasteiger partial charge in [-0.05, 0) is 44.2 Å². The summed E-state index contributed by atoms with van der Waals surface area (Å²) < 4.78 is 18.7. The number of amides is 1. The second-order valence-electron chi connectivity index (χ2n) is 5.07. The third-order valence-corrected chi connectivity index (χ3v) is 2.80. The van der Waals surface area contributed by atoms with Crippen molar-refractivity contribution in [2.24, 2.45) is 0 Å². The predicted octanol–water partition coefficient (Wildman–Crippen LogP) is 3.66. The number of carbonyl (C=O) groups is 1. The Balaban J connectivity index is 1.95. The number of carbonyl (C=O) groups excluding carboxylic acids is 1. The molecule has 2 rings (SSSR count). The van der Waals surface area contributed by atoms with Crippen molar-refractivity contribution >= 4 is 17.3 Å². The molecule has 0 atom stereocenters. The molecule has 2 N–H and O–H groups in total. The fraction of sp³-hybridized carbons (Fsp3) is 0.235. The number of hydrogen-bond donors (Lipinski definition) is 2. The van der Waals surface area contributed by atoms with E-state index in [4.69, 9.17) is 4.74 Å². The van der Waals surface area contributed by atoms with Gasteiger partial charge >= 0.3 is 0 Å². The fourth-order valence-corrected chi connectivity index (χ4v) is 1.90. The largest absolute Gasteiger partial charge is 0.489 e. The number of nitrogens with one attached hydrogen (secondary N) is 2. The number of anilines is 2. The van der Waals surface area contributed by atoms with Crippen LogP contribution in [-0.2, 0) is 4.79 Å². The Morgan fingerprint density at radius 2 is 1.95 bits per heavy atom. The van der Waals surface area contributed by atoms with Gasteiger partial charge in [-0.25, -0.2) is 4.39 Å². The van der Waals surface area contributed by atoms with Crippen LogP contribution in [0.2, 0.25) is 0 Å². The third kappa shape index (κ3) is 4.77. The monoisotopic (exact) mass is 302 g/mol. The van der Waals surface area contributed by atoms with Crippen LogP contribution in [0.15, 0.2) is 48.5 Å². The summed E-state index contributed by atoms with van der Waals surface area (Å²) in [4.78, 5) is 12.0. The molecule has 22 heavy (non-hydrogen) atoms. The third-order valence-electron chi connectivity index (χ3n) is 2.80. The molecule has 0 radical (unpaired) electrons. The van der Waals surface area contributed by atoms with E-state index in [0.29, 0.717) is 17.1 Å². The number of benzene rings is 2. The average Bonchev–Trinajstić information content (AvgIpc) is 2.47. The van der Waals surface area contributed by atoms with Crippen molar-refractivity contribution in [1.29, 1.82) is 0 Å². The number of halogens is 1. The molecule has 1 amide bonds. The Hall–Kier alpha value is -2.56. The molecule has 2 aromatic carbocycles. The van der Waals surface area contributed by atoms with Crippen molar-refractivity contribution in [3.63, 3.8) is 0 Å². The first-order valence-corrected chi connectivity index (χ1v) is 7.09. The molecule has 0 aromatic heterocycles. The van der Waals surface area contributed by atoms with E-state index in [0.717, 1.165) is 0 Å². The minimum atomic E-state index is -0.346. The maximum absolute atomic E-state index is 13.1. The zero-order chi connectivity index (χ0) is 15.9. The lowest BCUT2D eigenvalue weighted by molar-refractivity contribution is -0.114. The van der Waals surface area contributed by atoms with Crippen LogP contribution < -0.4 is 15.4 Å². The van der Waals surface area contributed by atoms with E-state index in [1.54, 1.807) is 24.3 Å². The lowest BCUT2D eigenvalue weighted by atomic mass is 10.2. The Morgan fingerprint density at radius 1 is 1.18 bits per heavy atom. The van der Waals surface area contributed by atoms with Crippen molar-refractivity contribution in [2.75, 3.05) is 17.2 Å². The van der Waals surface area contributed by atoms with Crippen LogP contribution in [0.3, 0.4) is 0 Å². The van der Waals surface area contributed by atoms with Gasteiger partial charge < -0.3 is 15.4 Å². The van der Waals surface area contributed by atoms with E-state index in [-0.39, 0.29) is 24.4 Å². The summed E-state index contributed by atoms with van der Waals surface area (Å²) in [7, 11) is 0. The number of rotatable bonds is 6. The maximum atomic E-state index is 13.1. The Morgan fingerprint density at radius 3 is 2.68 bits per heavy atom. The SMILES string of the molecule is CC(C)Oc1ccccc1NC(=O)CNc1cccc(F)c1. The summed E-state index contributed by atoms with van der Waals surface area (Å²) in [5, 5.41) is 5.65. The average molecular weight is 302 g/mol. The highest BCUT2D eigenvalue weighted by Crippen LogP contribution is 2.24. The van der Waals surface area contributed by atoms with Gasteiger partial charge in [-0.3, -0.25) is 4.79 Å². The highest BCUT2D eigenvalue weighted by Gasteiger charge is 2.08. The van der Waals surface area contributed by atoms with E-state index in [9.17, 15) is 9.18 Å². The first-order chi connectivity index (χ1) is 10.5. The molecule has 0 saturated carbocycles. The lowest BCUT2D eigenvalue weighted by Gasteiger charge is -2.15. The number of ether oxygens (including phenoxy) is 1. The van der Waals surface area contributed by atoms with Gasteiger partial charge in [-0.15, -0.1) is 0 Å². The van der Waals surface area contributed by atoms with Gasteiger partial charge in [0.05, 0.1) is 18.3 Å². The molecule has 4 nitrogen and oxygen atoms in total. The lowest BCUT2D eigenvalue weighted by Crippen LogP contribution is -2.22. The summed E-state index contributed by atoms with van der Waals surface area (Å²) in [6, 6.07) is 13.2. The van der Waals surface area contributed by atoms with Gasteiger partial charge in [0.1, 0.15) is 11.6 Å². The molecule has 5 heteroatoms. The summed E-state index contributed by atoms with van der Waals surface area (Å²) in [6.07, 6.45) is 0.0171. The van der Waals surface area contributed by atoms with Gasteiger partial charge in [0.15, 0.2) is 0 Å². The molecule has 116 valence electrons. The van der Waals surface area contributed by atoms with E-state index in [1.165, 1.54) is 12.1 Å². The first kappa shape index (κ1) is 15.8. The summed E-state index contributed by atoms with van der Waals surface area (Å²) in [5.41, 5.74) is 1.17. The first-order valence-electron chi connectivity index (χ1n) is 7.09. The van der Waals surface area contributed by atoms with Gasteiger partial charge in [0, 0.05) is 5.69 Å². The van der Waals surface area contributed by atoms with Crippen molar-refractivity contribution in [1.82, 2.24) is 0 Å². The Kier molecular flexibility index (Phi) is 5.36. The molecule has 0 fully saturated rings. The molecule has 0 aliphatic carbocycles. The van der Waals surface area contributed by atoms with Gasteiger partial charge in [0.25, 0.3) is 0 Å². The van der Waals surface area contributed by atoms with Crippen molar-refractivity contribution in [3.8, 4) is 5.75 Å². The summed E-state index contributed by atoms with van der Waals surface area (Å²) in [5.74, 6) is 0.0433. The van der Waals surface area contributed by atoms with Crippen LogP contribution in [0, 0.1) is 5.82 Å². The van der Waals surface area contributed by atoms with Crippen LogP contribution in [0.25, 0.3) is 0 Å². The normalized spacial score (nSPS) is 10.4. The molecule has 0 aliphatic heterocycles. The summed E-state index contributed by atoms with van der Waals surface area (Å²) >= 11 is 0. The van der Waals surface area contributed by atoms with Crippen molar-refractivity contribution < 1.29 is 13.9 Å². The maximum Gasteiger partial charge on any atom is 0.243 e. The van der Waals surface area contributed by atoms with Crippen LogP contribution in [0.5, 0.6) is 5.75 Å². The van der Waals surface area contributed by atoms with Crippen molar-refractivity contribution in [3.05, 3.63) is 54.3 Å². The molecule has 0 heterocycles. The summed E-state index contributed by atoms with van der Waals surface area (Å²) in [6.45, 7) is 3.88. The molecular formula is C17H19FN2O2. The molecule has 2 aromatic rings. The highest BCUT2D eigenvalue weighted by atomic mass is 19.1. The van der Waals surface area contributed by atoms with Gasteiger partial charge in [-0.2, -0.15) is 0 Å². The molecule has 0 saturated heterocycles. The number of hydrogen-bond acceptors (Lipinski definition) is 3. The number of para-hydroxylation sites is 2. The fourth-order valence-electron chi connectivity index (χ4n) is 1.90. The zero-order valence-corrected chi connectivity index (χ0v) is 12.6. The van der Waals surface area contributed by atoms with Crippen molar-refractivity contribution in [2.45, 2.75) is 20.0 Å². The van der Waals surface area contributed by atoms with E-state index < -0.39 is 0 Å². The van der Waals surface area contributed by atoms with Crippen LogP contribution >= 0.6 is 0 Å². The minimum absolute atomic E-state index is 0.0171. The van der Waals surface area contributed by atoms with Gasteiger partial charge in [0.2, 0.25) is 5.91 Å². The smallest absolute Gasteiger partial charge is 0.243 e. The van der Waals surface area contributed by atoms with E-state index in [2.05, 4.69) is 10.6 Å². The topological polar surface area (TPSA) is 50.4 Å². The second kappa shape index (κ2) is 7.45.